The second-order valence-electron chi connectivity index (χ2n) is 8.17. The number of likely N-dealkylation sites (N-methyl/N-ethyl adjacent to an activating group) is 1. The third-order valence-corrected chi connectivity index (χ3v) is 8.85. The highest BCUT2D eigenvalue weighted by Gasteiger charge is 2.39. The van der Waals surface area contributed by atoms with Gasteiger partial charge in [-0.2, -0.15) is 8.70 Å². The van der Waals surface area contributed by atoms with Crippen molar-refractivity contribution in [3.05, 3.63) is 24.2 Å². The summed E-state index contributed by atoms with van der Waals surface area (Å²) in [6.45, 7) is 3.88. The maximum atomic E-state index is 13.7. The second-order valence-corrected chi connectivity index (χ2v) is 11.0. The Balaban J connectivity index is 2.14. The van der Waals surface area contributed by atoms with Crippen LogP contribution in [0.25, 0.3) is 0 Å². The summed E-state index contributed by atoms with van der Waals surface area (Å²) in [5.41, 5.74) is 0.590. The second kappa shape index (κ2) is 11.1. The predicted octanol–water partition coefficient (Wildman–Crippen LogP) is 3.86. The molecule has 3 rings (SSSR count). The molecular weight excluding hydrogens is 471 g/mol. The standard InChI is InChI=1S/C22H31FN2O6S2/c1-4-5-6-16-13-25(15-7-9-30-10-8-15)18-11-20(32-3)19(31-14-17(23)22(26)27)12-21(18)33(28,29)24(16)2/h11-12,14-16H,4-10,13H2,1-3H3,(H,26,27)/b17-14-. The average molecular weight is 503 g/mol. The highest BCUT2D eigenvalue weighted by atomic mass is 32.2. The minimum Gasteiger partial charge on any atom is -0.476 e. The number of carboxylic acid groups (broad SMARTS) is 1. The third kappa shape index (κ3) is 5.64. The Kier molecular flexibility index (Phi) is 8.65. The van der Waals surface area contributed by atoms with Gasteiger partial charge in [0.1, 0.15) is 16.9 Å². The Morgan fingerprint density at radius 1 is 1.36 bits per heavy atom. The van der Waals surface area contributed by atoms with E-state index in [-0.39, 0.29) is 22.7 Å². The number of sulfonamides is 1. The van der Waals surface area contributed by atoms with Gasteiger partial charge in [0.25, 0.3) is 0 Å². The lowest BCUT2D eigenvalue weighted by Crippen LogP contribution is -2.46. The van der Waals surface area contributed by atoms with E-state index in [1.807, 2.05) is 0 Å². The number of unbranched alkanes of at least 4 members (excludes halogenated alkanes) is 1. The number of nitrogens with zero attached hydrogens (tertiary/aromatic N) is 2. The molecule has 0 aliphatic carbocycles. The summed E-state index contributed by atoms with van der Waals surface area (Å²) in [5.74, 6) is -3.14. The minimum atomic E-state index is -3.87. The van der Waals surface area contributed by atoms with E-state index in [1.165, 1.54) is 22.1 Å². The molecule has 1 aromatic rings. The van der Waals surface area contributed by atoms with Crippen LogP contribution in [-0.2, 0) is 19.6 Å². The van der Waals surface area contributed by atoms with E-state index >= 15 is 0 Å². The first kappa shape index (κ1) is 25.8. The molecular formula is C22H31FN2O6S2. The van der Waals surface area contributed by atoms with E-state index < -0.39 is 21.8 Å². The van der Waals surface area contributed by atoms with Crippen LogP contribution in [0.3, 0.4) is 0 Å². The number of thioether (sulfide) groups is 1. The normalized spacial score (nSPS) is 22.0. The number of hydrogen-bond acceptors (Lipinski definition) is 7. The van der Waals surface area contributed by atoms with Gasteiger partial charge >= 0.3 is 5.97 Å². The number of carboxylic acids is 1. The first-order valence-electron chi connectivity index (χ1n) is 11.0. The van der Waals surface area contributed by atoms with Crippen LogP contribution in [0.4, 0.5) is 10.1 Å². The number of aliphatic carboxylic acids is 1. The molecule has 0 bridgehead atoms. The molecule has 11 heteroatoms. The van der Waals surface area contributed by atoms with Crippen molar-refractivity contribution in [3.8, 4) is 5.75 Å². The lowest BCUT2D eigenvalue weighted by molar-refractivity contribution is -0.134. The van der Waals surface area contributed by atoms with Gasteiger partial charge in [-0.1, -0.05) is 19.8 Å². The van der Waals surface area contributed by atoms with Crippen LogP contribution in [0.2, 0.25) is 0 Å². The van der Waals surface area contributed by atoms with Crippen LogP contribution in [0.5, 0.6) is 5.75 Å². The first-order chi connectivity index (χ1) is 15.7. The molecule has 0 spiro atoms. The van der Waals surface area contributed by atoms with Crippen molar-refractivity contribution in [2.75, 3.05) is 38.0 Å². The molecule has 0 radical (unpaired) electrons. The smallest absolute Gasteiger partial charge is 0.368 e. The molecule has 2 aliphatic rings. The van der Waals surface area contributed by atoms with Crippen molar-refractivity contribution in [1.82, 2.24) is 4.31 Å². The van der Waals surface area contributed by atoms with Crippen molar-refractivity contribution >= 4 is 33.4 Å². The number of ether oxygens (including phenoxy) is 2. The van der Waals surface area contributed by atoms with Gasteiger partial charge in [-0.05, 0) is 31.6 Å². The lowest BCUT2D eigenvalue weighted by atomic mass is 10.0. The lowest BCUT2D eigenvalue weighted by Gasteiger charge is -2.38. The number of carbonyl (C=O) groups is 1. The first-order valence-corrected chi connectivity index (χ1v) is 13.7. The molecule has 1 unspecified atom stereocenters. The topological polar surface area (TPSA) is 96.4 Å². The van der Waals surface area contributed by atoms with E-state index in [0.29, 0.717) is 36.6 Å². The number of rotatable bonds is 8. The zero-order chi connectivity index (χ0) is 24.2. The van der Waals surface area contributed by atoms with Crippen LogP contribution in [0.15, 0.2) is 34.0 Å². The zero-order valence-electron chi connectivity index (χ0n) is 19.1. The molecule has 1 N–H and O–H groups in total. The molecule has 0 amide bonds. The quantitative estimate of drug-likeness (QED) is 0.325. The van der Waals surface area contributed by atoms with Crippen LogP contribution >= 0.6 is 11.8 Å². The number of hydrogen-bond donors (Lipinski definition) is 1. The largest absolute Gasteiger partial charge is 0.476 e. The molecule has 33 heavy (non-hydrogen) atoms. The zero-order valence-corrected chi connectivity index (χ0v) is 20.8. The van der Waals surface area contributed by atoms with Crippen molar-refractivity contribution in [2.45, 2.75) is 60.9 Å². The fourth-order valence-electron chi connectivity index (χ4n) is 4.23. The van der Waals surface area contributed by atoms with Crippen LogP contribution in [0, 0.1) is 0 Å². The van der Waals surface area contributed by atoms with Crippen molar-refractivity contribution in [1.29, 1.82) is 0 Å². The summed E-state index contributed by atoms with van der Waals surface area (Å²) in [7, 11) is -2.27. The molecule has 0 aromatic heterocycles. The van der Waals surface area contributed by atoms with Crippen LogP contribution in [0.1, 0.15) is 39.0 Å². The Morgan fingerprint density at radius 3 is 2.67 bits per heavy atom. The summed E-state index contributed by atoms with van der Waals surface area (Å²) < 4.78 is 53.1. The summed E-state index contributed by atoms with van der Waals surface area (Å²) in [5, 5.41) is 8.76. The molecule has 1 saturated heterocycles. The fraction of sp³-hybridized carbons (Fsp3) is 0.591. The number of fused-ring (bicyclic) bond motifs is 1. The molecule has 184 valence electrons. The summed E-state index contributed by atoms with van der Waals surface area (Å²) in [6, 6.07) is 3.07. The molecule has 1 aromatic carbocycles. The molecule has 0 saturated carbocycles. The molecule has 2 heterocycles. The van der Waals surface area contributed by atoms with Gasteiger partial charge in [0.2, 0.25) is 15.9 Å². The van der Waals surface area contributed by atoms with Crippen molar-refractivity contribution in [3.63, 3.8) is 0 Å². The average Bonchev–Trinajstić information content (AvgIpc) is 2.89. The van der Waals surface area contributed by atoms with Crippen LogP contribution in [-0.4, -0.2) is 68.9 Å². The predicted molar refractivity (Wildman–Crippen MR) is 125 cm³/mol. The number of anilines is 1. The van der Waals surface area contributed by atoms with Crippen molar-refractivity contribution in [2.24, 2.45) is 0 Å². The summed E-state index contributed by atoms with van der Waals surface area (Å²) in [4.78, 5) is 13.6. The van der Waals surface area contributed by atoms with Gasteiger partial charge < -0.3 is 19.5 Å². The van der Waals surface area contributed by atoms with Crippen LogP contribution < -0.4 is 9.64 Å². The Hall–Kier alpha value is -1.82. The maximum Gasteiger partial charge on any atom is 0.368 e. The number of halogens is 1. The Morgan fingerprint density at radius 2 is 2.06 bits per heavy atom. The van der Waals surface area contributed by atoms with Gasteiger partial charge in [0, 0.05) is 45.0 Å². The molecule has 1 fully saturated rings. The summed E-state index contributed by atoms with van der Waals surface area (Å²) in [6.07, 6.45) is 6.48. The number of benzene rings is 1. The third-order valence-electron chi connectivity index (χ3n) is 6.15. The van der Waals surface area contributed by atoms with E-state index in [9.17, 15) is 17.6 Å². The van der Waals surface area contributed by atoms with Gasteiger partial charge in [0.15, 0.2) is 0 Å². The monoisotopic (exact) mass is 502 g/mol. The Bertz CT molecular complexity index is 995. The van der Waals surface area contributed by atoms with Gasteiger partial charge in [-0.3, -0.25) is 0 Å². The summed E-state index contributed by atoms with van der Waals surface area (Å²) >= 11 is 1.32. The van der Waals surface area contributed by atoms with E-state index in [4.69, 9.17) is 14.6 Å². The minimum absolute atomic E-state index is 0.0763. The highest BCUT2D eigenvalue weighted by molar-refractivity contribution is 7.98. The fourth-order valence-corrected chi connectivity index (χ4v) is 6.34. The highest BCUT2D eigenvalue weighted by Crippen LogP contribution is 2.42. The van der Waals surface area contributed by atoms with Gasteiger partial charge in [-0.25, -0.2) is 13.2 Å². The van der Waals surface area contributed by atoms with Gasteiger partial charge in [-0.15, -0.1) is 11.8 Å². The van der Waals surface area contributed by atoms with Crippen molar-refractivity contribution < 1.29 is 32.2 Å². The maximum absolute atomic E-state index is 13.7. The molecule has 8 nitrogen and oxygen atoms in total. The van der Waals surface area contributed by atoms with E-state index in [2.05, 4.69) is 11.8 Å². The van der Waals surface area contributed by atoms with Gasteiger partial charge in [0.05, 0.1) is 10.6 Å². The molecule has 2 aliphatic heterocycles. The van der Waals surface area contributed by atoms with E-state index in [0.717, 1.165) is 32.1 Å². The Labute approximate surface area is 198 Å². The molecule has 1 atom stereocenters. The van der Waals surface area contributed by atoms with E-state index in [1.54, 1.807) is 19.4 Å². The SMILES string of the molecule is CCCCC1CN(C2CCOCC2)c2cc(SC)c(O/C=C(\F)C(=O)O)cc2S(=O)(=O)N1C.